The molecular weight excluding hydrogens is 404 g/mol. The van der Waals surface area contributed by atoms with E-state index < -0.39 is 23.1 Å². The normalized spacial score (nSPS) is 50.9. The van der Waals surface area contributed by atoms with Crippen molar-refractivity contribution in [2.24, 2.45) is 40.4 Å². The summed E-state index contributed by atoms with van der Waals surface area (Å²) in [7, 11) is 0. The summed E-state index contributed by atoms with van der Waals surface area (Å²) >= 11 is 6.76. The number of rotatable bonds is 2. The molecule has 0 heterocycles. The Morgan fingerprint density at radius 1 is 1.23 bits per heavy atom. The van der Waals surface area contributed by atoms with Gasteiger partial charge in [0.25, 0.3) is 0 Å². The van der Waals surface area contributed by atoms with Gasteiger partial charge in [-0.2, -0.15) is 0 Å². The molecule has 162 valence electrons. The highest BCUT2D eigenvalue weighted by Crippen LogP contribution is 2.72. The Balaban J connectivity index is 1.64. The third-order valence-corrected chi connectivity index (χ3v) is 9.77. The summed E-state index contributed by atoms with van der Waals surface area (Å²) < 4.78 is 5.75. The molecule has 5 aliphatic carbocycles. The Kier molecular flexibility index (Phi) is 4.14. The summed E-state index contributed by atoms with van der Waals surface area (Å²) in [6.07, 6.45) is 5.48. The number of aliphatic hydroxyl groups is 1. The molecular formula is C24H29ClO5. The first-order valence-corrected chi connectivity index (χ1v) is 11.4. The number of Topliss-reactive ketones (excluding diaryl/α,β-unsaturated/α-hetero) is 1. The van der Waals surface area contributed by atoms with E-state index in [-0.39, 0.29) is 46.6 Å². The Morgan fingerprint density at radius 3 is 2.57 bits per heavy atom. The Hall–Kier alpha value is -1.46. The van der Waals surface area contributed by atoms with E-state index in [0.29, 0.717) is 17.9 Å². The third-order valence-electron chi connectivity index (χ3n) is 9.44. The van der Waals surface area contributed by atoms with Gasteiger partial charge in [-0.05, 0) is 62.0 Å². The molecule has 6 heteroatoms. The molecule has 0 unspecified atom stereocenters. The minimum absolute atomic E-state index is 0.0281. The Labute approximate surface area is 181 Å². The summed E-state index contributed by atoms with van der Waals surface area (Å²) in [6, 6.07) is 0. The molecule has 0 aromatic carbocycles. The quantitative estimate of drug-likeness (QED) is 0.674. The fourth-order valence-corrected chi connectivity index (χ4v) is 8.54. The van der Waals surface area contributed by atoms with Gasteiger partial charge in [0, 0.05) is 34.6 Å². The highest BCUT2D eigenvalue weighted by Gasteiger charge is 2.72. The number of ketones is 2. The van der Waals surface area contributed by atoms with Gasteiger partial charge in [-0.1, -0.05) is 31.5 Å². The topological polar surface area (TPSA) is 80.7 Å². The molecule has 3 fully saturated rings. The second-order valence-corrected chi connectivity index (χ2v) is 11.0. The van der Waals surface area contributed by atoms with Crippen molar-refractivity contribution in [1.82, 2.24) is 0 Å². The van der Waals surface area contributed by atoms with E-state index in [4.69, 9.17) is 16.3 Å². The summed E-state index contributed by atoms with van der Waals surface area (Å²) in [4.78, 5) is 37.2. The minimum atomic E-state index is -1.21. The number of allylic oxidation sites excluding steroid dienone is 4. The molecule has 0 aliphatic heterocycles. The lowest BCUT2D eigenvalue weighted by molar-refractivity contribution is -0.194. The molecule has 30 heavy (non-hydrogen) atoms. The number of carbonyl (C=O) groups is 3. The van der Waals surface area contributed by atoms with Gasteiger partial charge >= 0.3 is 5.97 Å². The monoisotopic (exact) mass is 432 g/mol. The first-order chi connectivity index (χ1) is 14.0. The summed E-state index contributed by atoms with van der Waals surface area (Å²) in [5, 5.41) is 12.1. The Bertz CT molecular complexity index is 936. The molecule has 0 aromatic heterocycles. The molecule has 0 radical (unpaired) electrons. The second-order valence-electron chi connectivity index (χ2n) is 10.6. The van der Waals surface area contributed by atoms with Crippen LogP contribution in [0.5, 0.6) is 0 Å². The largest absolute Gasteiger partial charge is 0.451 e. The molecule has 5 rings (SSSR count). The maximum absolute atomic E-state index is 12.8. The van der Waals surface area contributed by atoms with Crippen LogP contribution in [0.1, 0.15) is 53.4 Å². The van der Waals surface area contributed by atoms with Crippen LogP contribution >= 0.6 is 11.6 Å². The second kappa shape index (κ2) is 6.07. The van der Waals surface area contributed by atoms with Crippen molar-refractivity contribution in [2.75, 3.05) is 0 Å². The predicted octanol–water partition coefficient (Wildman–Crippen LogP) is 3.58. The number of aliphatic hydroxyl groups excluding tert-OH is 1. The van der Waals surface area contributed by atoms with Gasteiger partial charge in [0.05, 0.1) is 6.10 Å². The smallest absolute Gasteiger partial charge is 0.303 e. The van der Waals surface area contributed by atoms with Gasteiger partial charge < -0.3 is 9.84 Å². The van der Waals surface area contributed by atoms with E-state index in [1.807, 2.05) is 13.0 Å². The van der Waals surface area contributed by atoms with Crippen molar-refractivity contribution in [3.05, 3.63) is 22.8 Å². The van der Waals surface area contributed by atoms with E-state index in [0.717, 1.165) is 18.4 Å². The molecule has 0 aromatic rings. The van der Waals surface area contributed by atoms with E-state index in [1.165, 1.54) is 13.8 Å². The van der Waals surface area contributed by atoms with Gasteiger partial charge in [0.15, 0.2) is 17.2 Å². The molecule has 1 N–H and O–H groups in total. The zero-order chi connectivity index (χ0) is 21.8. The third kappa shape index (κ3) is 2.26. The predicted molar refractivity (Wildman–Crippen MR) is 110 cm³/mol. The number of hydrogen-bond donors (Lipinski definition) is 1. The van der Waals surface area contributed by atoms with Crippen molar-refractivity contribution in [3.8, 4) is 0 Å². The molecule has 0 bridgehead atoms. The van der Waals surface area contributed by atoms with Crippen LogP contribution < -0.4 is 0 Å². The number of halogens is 1. The highest BCUT2D eigenvalue weighted by molar-refractivity contribution is 6.32. The number of ether oxygens (including phenoxy) is 1. The standard InChI is InChI=1S/C24H29ClO5/c1-11(26)24(30-12(2)27)6-5-15-14-8-18(25)17-9-19(28)13-7-16(13)23(17,4)21(14)20(29)10-22(15,24)3/h8-9,13-16,20-21,29H,5-7,10H2,1-4H3/t13-,14+,15+,16+,20-,21-,22+,23+,24+/m1/s1. The minimum Gasteiger partial charge on any atom is -0.451 e. The van der Waals surface area contributed by atoms with Crippen LogP contribution in [0.15, 0.2) is 22.8 Å². The van der Waals surface area contributed by atoms with Crippen LogP contribution in [0, 0.1) is 40.4 Å². The van der Waals surface area contributed by atoms with Gasteiger partial charge in [-0.3, -0.25) is 14.4 Å². The Morgan fingerprint density at radius 2 is 1.93 bits per heavy atom. The van der Waals surface area contributed by atoms with Crippen LogP contribution in [0.2, 0.25) is 0 Å². The van der Waals surface area contributed by atoms with Crippen molar-refractivity contribution in [2.45, 2.75) is 65.1 Å². The van der Waals surface area contributed by atoms with Crippen LogP contribution in [-0.2, 0) is 19.1 Å². The van der Waals surface area contributed by atoms with Crippen molar-refractivity contribution < 1.29 is 24.2 Å². The maximum Gasteiger partial charge on any atom is 0.303 e. The van der Waals surface area contributed by atoms with E-state index in [2.05, 4.69) is 6.92 Å². The molecule has 0 amide bonds. The summed E-state index contributed by atoms with van der Waals surface area (Å²) in [5.41, 5.74) is -1.35. The molecule has 5 aliphatic rings. The number of esters is 1. The van der Waals surface area contributed by atoms with Gasteiger partial charge in [0.2, 0.25) is 0 Å². The van der Waals surface area contributed by atoms with Crippen LogP contribution in [0.4, 0.5) is 0 Å². The molecule has 0 saturated heterocycles. The average molecular weight is 433 g/mol. The first-order valence-electron chi connectivity index (χ1n) is 11.0. The molecule has 5 nitrogen and oxygen atoms in total. The SMILES string of the molecule is CC(=O)O[C@]1(C(C)=O)CC[C@H]2[C@@H]3C=C(Cl)C4=CC(=O)[C@@H]5C[C@@H]5[C@]4(C)[C@H]3[C@H](O)C[C@@]21C. The van der Waals surface area contributed by atoms with E-state index in [1.54, 1.807) is 6.08 Å². The lowest BCUT2D eigenvalue weighted by atomic mass is 9.46. The molecule has 3 saturated carbocycles. The molecule has 0 spiro atoms. The lowest BCUT2D eigenvalue weighted by Crippen LogP contribution is -2.62. The van der Waals surface area contributed by atoms with Gasteiger partial charge in [-0.25, -0.2) is 0 Å². The van der Waals surface area contributed by atoms with Crippen molar-refractivity contribution >= 4 is 29.1 Å². The van der Waals surface area contributed by atoms with Gasteiger partial charge in [0.1, 0.15) is 0 Å². The maximum atomic E-state index is 12.8. The first kappa shape index (κ1) is 20.4. The van der Waals surface area contributed by atoms with Crippen LogP contribution in [0.25, 0.3) is 0 Å². The van der Waals surface area contributed by atoms with Crippen molar-refractivity contribution in [3.63, 3.8) is 0 Å². The average Bonchev–Trinajstić information content (AvgIpc) is 3.39. The number of carbonyl (C=O) groups excluding carboxylic acids is 3. The summed E-state index contributed by atoms with van der Waals surface area (Å²) in [5.74, 6) is -0.238. The highest BCUT2D eigenvalue weighted by atomic mass is 35.5. The van der Waals surface area contributed by atoms with Gasteiger partial charge in [-0.15, -0.1) is 0 Å². The van der Waals surface area contributed by atoms with Crippen LogP contribution in [0.3, 0.4) is 0 Å². The number of fused-ring (bicyclic) bond motifs is 7. The number of hydrogen-bond acceptors (Lipinski definition) is 5. The zero-order valence-electron chi connectivity index (χ0n) is 17.9. The zero-order valence-corrected chi connectivity index (χ0v) is 18.7. The van der Waals surface area contributed by atoms with E-state index in [9.17, 15) is 19.5 Å². The lowest BCUT2D eigenvalue weighted by Gasteiger charge is -2.59. The molecule has 9 atom stereocenters. The fourth-order valence-electron chi connectivity index (χ4n) is 8.13. The fraction of sp³-hybridized carbons (Fsp3) is 0.708. The van der Waals surface area contributed by atoms with Crippen LogP contribution in [-0.4, -0.2) is 34.3 Å². The summed E-state index contributed by atoms with van der Waals surface area (Å²) in [6.45, 7) is 6.98. The van der Waals surface area contributed by atoms with Crippen molar-refractivity contribution in [1.29, 1.82) is 0 Å². The van der Waals surface area contributed by atoms with E-state index >= 15 is 0 Å².